The van der Waals surface area contributed by atoms with E-state index < -0.39 is 5.97 Å². The molecule has 1 aliphatic heterocycles. The normalized spacial score (nSPS) is 21.8. The van der Waals surface area contributed by atoms with Gasteiger partial charge in [-0.15, -0.1) is 0 Å². The van der Waals surface area contributed by atoms with E-state index in [-0.39, 0.29) is 11.7 Å². The van der Waals surface area contributed by atoms with Gasteiger partial charge in [-0.2, -0.15) is 0 Å². The highest BCUT2D eigenvalue weighted by molar-refractivity contribution is 5.88. The van der Waals surface area contributed by atoms with Crippen LogP contribution in [0.2, 0.25) is 0 Å². The van der Waals surface area contributed by atoms with Crippen molar-refractivity contribution < 1.29 is 14.6 Å². The van der Waals surface area contributed by atoms with Crippen LogP contribution in [0, 0.1) is 0 Å². The van der Waals surface area contributed by atoms with Gasteiger partial charge in [-0.1, -0.05) is 6.92 Å². The van der Waals surface area contributed by atoms with Crippen LogP contribution in [-0.4, -0.2) is 40.9 Å². The van der Waals surface area contributed by atoms with Crippen LogP contribution in [0.1, 0.15) is 43.7 Å². The standard InChI is InChI=1S/C15H22N2O3/c1-5-12-6-11(14(18)19)7-13(16-12)17-8-10(2)20-15(3,4)9-17/h6-7,10H,5,8-9H2,1-4H3,(H,18,19). The summed E-state index contributed by atoms with van der Waals surface area (Å²) in [4.78, 5) is 17.9. The molecule has 0 aliphatic carbocycles. The molecule has 1 N–H and O–H groups in total. The van der Waals surface area contributed by atoms with Gasteiger partial charge in [0.1, 0.15) is 5.82 Å². The number of nitrogens with zero attached hydrogens (tertiary/aromatic N) is 2. The summed E-state index contributed by atoms with van der Waals surface area (Å²) in [6.45, 7) is 9.51. The predicted molar refractivity (Wildman–Crippen MR) is 77.4 cm³/mol. The molecule has 2 rings (SSSR count). The van der Waals surface area contributed by atoms with E-state index >= 15 is 0 Å². The first-order valence-electron chi connectivity index (χ1n) is 6.98. The number of hydrogen-bond donors (Lipinski definition) is 1. The van der Waals surface area contributed by atoms with Gasteiger partial charge in [0.15, 0.2) is 0 Å². The number of aromatic carboxylic acids is 1. The van der Waals surface area contributed by atoms with Crippen LogP contribution in [0.4, 0.5) is 5.82 Å². The summed E-state index contributed by atoms with van der Waals surface area (Å²) in [7, 11) is 0. The summed E-state index contributed by atoms with van der Waals surface area (Å²) in [5.74, 6) is -0.186. The largest absolute Gasteiger partial charge is 0.478 e. The molecule has 1 atom stereocenters. The summed E-state index contributed by atoms with van der Waals surface area (Å²) in [5.41, 5.74) is 0.839. The first-order chi connectivity index (χ1) is 9.30. The number of carboxylic acids is 1. The molecule has 1 saturated heterocycles. The third-order valence-electron chi connectivity index (χ3n) is 3.37. The van der Waals surface area contributed by atoms with Crippen molar-refractivity contribution in [2.24, 2.45) is 0 Å². The van der Waals surface area contributed by atoms with Gasteiger partial charge in [0, 0.05) is 18.8 Å². The van der Waals surface area contributed by atoms with Crippen molar-refractivity contribution in [2.75, 3.05) is 18.0 Å². The summed E-state index contributed by atoms with van der Waals surface area (Å²) in [6, 6.07) is 3.29. The van der Waals surface area contributed by atoms with Crippen LogP contribution in [-0.2, 0) is 11.2 Å². The lowest BCUT2D eigenvalue weighted by Crippen LogP contribution is -2.52. The highest BCUT2D eigenvalue weighted by atomic mass is 16.5. The Morgan fingerprint density at radius 2 is 2.25 bits per heavy atom. The Bertz CT molecular complexity index is 514. The van der Waals surface area contributed by atoms with Crippen LogP contribution in [0.25, 0.3) is 0 Å². The van der Waals surface area contributed by atoms with Crippen LogP contribution < -0.4 is 4.90 Å². The molecule has 1 fully saturated rings. The van der Waals surface area contributed by atoms with E-state index in [1.807, 2.05) is 27.7 Å². The molecular weight excluding hydrogens is 256 g/mol. The van der Waals surface area contributed by atoms with E-state index in [1.54, 1.807) is 12.1 Å². The zero-order chi connectivity index (χ0) is 14.9. The van der Waals surface area contributed by atoms with Gasteiger partial charge in [0.25, 0.3) is 0 Å². The van der Waals surface area contributed by atoms with Crippen LogP contribution in [0.5, 0.6) is 0 Å². The summed E-state index contributed by atoms with van der Waals surface area (Å²) < 4.78 is 5.87. The number of hydrogen-bond acceptors (Lipinski definition) is 4. The Hall–Kier alpha value is -1.62. The van der Waals surface area contributed by atoms with E-state index in [1.165, 1.54) is 0 Å². The number of carboxylic acid groups (broad SMARTS) is 1. The molecule has 5 nitrogen and oxygen atoms in total. The van der Waals surface area contributed by atoms with Gasteiger partial charge in [-0.05, 0) is 39.3 Å². The number of carbonyl (C=O) groups is 1. The molecule has 0 aromatic carbocycles. The van der Waals surface area contributed by atoms with Crippen molar-refractivity contribution in [1.82, 2.24) is 4.98 Å². The Kier molecular flexibility index (Phi) is 3.99. The highest BCUT2D eigenvalue weighted by Crippen LogP contribution is 2.25. The van der Waals surface area contributed by atoms with Gasteiger partial charge >= 0.3 is 5.97 Å². The van der Waals surface area contributed by atoms with E-state index in [0.717, 1.165) is 24.5 Å². The fourth-order valence-electron chi connectivity index (χ4n) is 2.67. The predicted octanol–water partition coefficient (Wildman–Crippen LogP) is 2.35. The number of rotatable bonds is 3. The number of pyridine rings is 1. The average Bonchev–Trinajstić information content (AvgIpc) is 2.35. The van der Waals surface area contributed by atoms with E-state index in [9.17, 15) is 9.90 Å². The van der Waals surface area contributed by atoms with E-state index in [2.05, 4.69) is 9.88 Å². The van der Waals surface area contributed by atoms with Crippen molar-refractivity contribution >= 4 is 11.8 Å². The fraction of sp³-hybridized carbons (Fsp3) is 0.600. The third-order valence-corrected chi connectivity index (χ3v) is 3.37. The Balaban J connectivity index is 2.36. The Morgan fingerprint density at radius 1 is 1.55 bits per heavy atom. The summed E-state index contributed by atoms with van der Waals surface area (Å²) in [6.07, 6.45) is 0.816. The lowest BCUT2D eigenvalue weighted by Gasteiger charge is -2.42. The summed E-state index contributed by atoms with van der Waals surface area (Å²) in [5, 5.41) is 9.21. The second kappa shape index (κ2) is 5.40. The van der Waals surface area contributed by atoms with Crippen molar-refractivity contribution in [3.05, 3.63) is 23.4 Å². The second-order valence-electron chi connectivity index (χ2n) is 5.93. The number of aromatic nitrogens is 1. The number of anilines is 1. The Labute approximate surface area is 119 Å². The molecular formula is C15H22N2O3. The zero-order valence-electron chi connectivity index (χ0n) is 12.5. The van der Waals surface area contributed by atoms with Crippen LogP contribution in [0.3, 0.4) is 0 Å². The average molecular weight is 278 g/mol. The topological polar surface area (TPSA) is 62.7 Å². The molecule has 0 radical (unpaired) electrons. The minimum absolute atomic E-state index is 0.0964. The lowest BCUT2D eigenvalue weighted by molar-refractivity contribution is -0.0751. The maximum Gasteiger partial charge on any atom is 0.335 e. The molecule has 110 valence electrons. The fourth-order valence-corrected chi connectivity index (χ4v) is 2.67. The minimum Gasteiger partial charge on any atom is -0.478 e. The minimum atomic E-state index is -0.913. The molecule has 0 spiro atoms. The van der Waals surface area contributed by atoms with Crippen LogP contribution >= 0.6 is 0 Å². The number of aryl methyl sites for hydroxylation is 1. The van der Waals surface area contributed by atoms with Crippen molar-refractivity contribution in [3.63, 3.8) is 0 Å². The van der Waals surface area contributed by atoms with Gasteiger partial charge in [0.2, 0.25) is 0 Å². The molecule has 1 aliphatic rings. The molecule has 5 heteroatoms. The zero-order valence-corrected chi connectivity index (χ0v) is 12.5. The van der Waals surface area contributed by atoms with Gasteiger partial charge in [0.05, 0.1) is 17.3 Å². The smallest absolute Gasteiger partial charge is 0.335 e. The molecule has 0 saturated carbocycles. The monoisotopic (exact) mass is 278 g/mol. The van der Waals surface area contributed by atoms with Crippen molar-refractivity contribution in [3.8, 4) is 0 Å². The van der Waals surface area contributed by atoms with Gasteiger partial charge < -0.3 is 14.7 Å². The molecule has 1 unspecified atom stereocenters. The van der Waals surface area contributed by atoms with Crippen molar-refractivity contribution in [1.29, 1.82) is 0 Å². The SMILES string of the molecule is CCc1cc(C(=O)O)cc(N2CC(C)OC(C)(C)C2)n1. The lowest BCUT2D eigenvalue weighted by atomic mass is 10.1. The summed E-state index contributed by atoms with van der Waals surface area (Å²) >= 11 is 0. The molecule has 0 amide bonds. The van der Waals surface area contributed by atoms with Crippen molar-refractivity contribution in [2.45, 2.75) is 45.8 Å². The maximum atomic E-state index is 11.2. The molecule has 1 aromatic rings. The van der Waals surface area contributed by atoms with Crippen LogP contribution in [0.15, 0.2) is 12.1 Å². The second-order valence-corrected chi connectivity index (χ2v) is 5.93. The maximum absolute atomic E-state index is 11.2. The van der Waals surface area contributed by atoms with E-state index in [0.29, 0.717) is 12.1 Å². The first kappa shape index (κ1) is 14.8. The molecule has 20 heavy (non-hydrogen) atoms. The van der Waals surface area contributed by atoms with Gasteiger partial charge in [-0.3, -0.25) is 0 Å². The number of morpholine rings is 1. The van der Waals surface area contributed by atoms with Gasteiger partial charge in [-0.25, -0.2) is 9.78 Å². The van der Waals surface area contributed by atoms with E-state index in [4.69, 9.17) is 4.74 Å². The molecule has 0 bridgehead atoms. The Morgan fingerprint density at radius 3 is 2.80 bits per heavy atom. The number of ether oxygens (including phenoxy) is 1. The highest BCUT2D eigenvalue weighted by Gasteiger charge is 2.32. The third kappa shape index (κ3) is 3.28. The molecule has 1 aromatic heterocycles. The molecule has 2 heterocycles. The quantitative estimate of drug-likeness (QED) is 0.919. The first-order valence-corrected chi connectivity index (χ1v) is 6.98.